The van der Waals surface area contributed by atoms with E-state index in [4.69, 9.17) is 11.6 Å². The molecule has 0 spiro atoms. The second kappa shape index (κ2) is 3.58. The van der Waals surface area contributed by atoms with Crippen LogP contribution in [-0.2, 0) is 0 Å². The second-order valence-electron chi connectivity index (χ2n) is 2.64. The van der Waals surface area contributed by atoms with E-state index in [1.165, 1.54) is 0 Å². The highest BCUT2D eigenvalue weighted by molar-refractivity contribution is 6.31. The lowest BCUT2D eigenvalue weighted by Crippen LogP contribution is -2.10. The molecule has 0 aromatic carbocycles. The van der Waals surface area contributed by atoms with Gasteiger partial charge < -0.3 is 5.32 Å². The minimum atomic E-state index is 0.386. The zero-order valence-electron chi connectivity index (χ0n) is 6.63. The number of nitrogens with one attached hydrogen (secondary N) is 1. The summed E-state index contributed by atoms with van der Waals surface area (Å²) in [6.45, 7) is 4.12. The summed E-state index contributed by atoms with van der Waals surface area (Å²) in [6.07, 6.45) is 1.67. The molecule has 0 saturated carbocycles. The van der Waals surface area contributed by atoms with Crippen molar-refractivity contribution in [2.75, 3.05) is 5.32 Å². The van der Waals surface area contributed by atoms with Gasteiger partial charge in [-0.2, -0.15) is 0 Å². The van der Waals surface area contributed by atoms with Gasteiger partial charge in [0, 0.05) is 12.2 Å². The molecule has 3 heteroatoms. The van der Waals surface area contributed by atoms with Crippen LogP contribution in [0.1, 0.15) is 13.8 Å². The molecule has 0 unspecified atom stereocenters. The lowest BCUT2D eigenvalue weighted by molar-refractivity contribution is 0.898. The molecule has 1 aromatic rings. The standard InChI is InChI=1S/C8H11ClN2/c1-6(2)11-7-4-3-5-10-8(7)9/h3-6,11H,1-2H3. The third kappa shape index (κ3) is 2.39. The van der Waals surface area contributed by atoms with Gasteiger partial charge in [-0.1, -0.05) is 11.6 Å². The van der Waals surface area contributed by atoms with Gasteiger partial charge in [0.2, 0.25) is 0 Å². The van der Waals surface area contributed by atoms with Crippen molar-refractivity contribution in [3.05, 3.63) is 23.5 Å². The van der Waals surface area contributed by atoms with Crippen molar-refractivity contribution >= 4 is 17.3 Å². The van der Waals surface area contributed by atoms with Gasteiger partial charge in [0.25, 0.3) is 0 Å². The van der Waals surface area contributed by atoms with Crippen LogP contribution < -0.4 is 5.32 Å². The van der Waals surface area contributed by atoms with Crippen LogP contribution in [0.3, 0.4) is 0 Å². The van der Waals surface area contributed by atoms with E-state index in [1.807, 2.05) is 12.1 Å². The highest BCUT2D eigenvalue weighted by Crippen LogP contribution is 2.17. The van der Waals surface area contributed by atoms with E-state index < -0.39 is 0 Å². The Balaban J connectivity index is 2.78. The predicted octanol–water partition coefficient (Wildman–Crippen LogP) is 2.56. The molecule has 1 heterocycles. The first kappa shape index (κ1) is 8.34. The average Bonchev–Trinajstić information content (AvgIpc) is 1.93. The van der Waals surface area contributed by atoms with Gasteiger partial charge in [-0.25, -0.2) is 4.98 Å². The number of nitrogens with zero attached hydrogens (tertiary/aromatic N) is 1. The number of halogens is 1. The van der Waals surface area contributed by atoms with Crippen molar-refractivity contribution in [3.8, 4) is 0 Å². The third-order valence-electron chi connectivity index (χ3n) is 1.20. The molecule has 1 rings (SSSR count). The molecule has 1 aromatic heterocycles. The summed E-state index contributed by atoms with van der Waals surface area (Å²) in [7, 11) is 0. The van der Waals surface area contributed by atoms with Gasteiger partial charge in [0.05, 0.1) is 5.69 Å². The molecular weight excluding hydrogens is 160 g/mol. The van der Waals surface area contributed by atoms with Gasteiger partial charge in [-0.3, -0.25) is 0 Å². The van der Waals surface area contributed by atoms with Crippen molar-refractivity contribution < 1.29 is 0 Å². The van der Waals surface area contributed by atoms with Gasteiger partial charge in [-0.05, 0) is 26.0 Å². The third-order valence-corrected chi connectivity index (χ3v) is 1.50. The van der Waals surface area contributed by atoms with E-state index in [0.29, 0.717) is 11.2 Å². The summed E-state index contributed by atoms with van der Waals surface area (Å²) in [6, 6.07) is 4.16. The molecule has 0 saturated heterocycles. The Kier molecular flexibility index (Phi) is 2.71. The molecule has 0 amide bonds. The van der Waals surface area contributed by atoms with Gasteiger partial charge >= 0.3 is 0 Å². The maximum Gasteiger partial charge on any atom is 0.152 e. The van der Waals surface area contributed by atoms with Crippen LogP contribution in [0.15, 0.2) is 18.3 Å². The van der Waals surface area contributed by atoms with E-state index in [9.17, 15) is 0 Å². The Labute approximate surface area is 71.6 Å². The molecule has 2 nitrogen and oxygen atoms in total. The number of pyridine rings is 1. The van der Waals surface area contributed by atoms with Crippen molar-refractivity contribution in [2.45, 2.75) is 19.9 Å². The van der Waals surface area contributed by atoms with Crippen molar-refractivity contribution in [2.24, 2.45) is 0 Å². The maximum absolute atomic E-state index is 5.79. The summed E-state index contributed by atoms with van der Waals surface area (Å²) in [4.78, 5) is 3.94. The van der Waals surface area contributed by atoms with Gasteiger partial charge in [0.15, 0.2) is 5.15 Å². The smallest absolute Gasteiger partial charge is 0.152 e. The van der Waals surface area contributed by atoms with Gasteiger partial charge in [-0.15, -0.1) is 0 Å². The molecule has 11 heavy (non-hydrogen) atoms. The Morgan fingerprint density at radius 2 is 2.27 bits per heavy atom. The Hall–Kier alpha value is -0.760. The van der Waals surface area contributed by atoms with Crippen molar-refractivity contribution in [3.63, 3.8) is 0 Å². The largest absolute Gasteiger partial charge is 0.380 e. The number of aromatic nitrogens is 1. The summed E-state index contributed by atoms with van der Waals surface area (Å²) in [5.74, 6) is 0. The van der Waals surface area contributed by atoms with Crippen LogP contribution in [0.5, 0.6) is 0 Å². The van der Waals surface area contributed by atoms with Crippen LogP contribution in [0, 0.1) is 0 Å². The zero-order valence-corrected chi connectivity index (χ0v) is 7.39. The molecule has 0 aliphatic carbocycles. The Bertz CT molecular complexity index is 235. The molecule has 1 N–H and O–H groups in total. The van der Waals surface area contributed by atoms with Crippen molar-refractivity contribution in [1.29, 1.82) is 0 Å². The fourth-order valence-corrected chi connectivity index (χ4v) is 0.979. The molecule has 0 aliphatic rings. The Morgan fingerprint density at radius 3 is 2.82 bits per heavy atom. The highest BCUT2D eigenvalue weighted by atomic mass is 35.5. The number of anilines is 1. The summed E-state index contributed by atoms with van der Waals surface area (Å²) in [5.41, 5.74) is 0.893. The van der Waals surface area contributed by atoms with Gasteiger partial charge in [0.1, 0.15) is 0 Å². The lowest BCUT2D eigenvalue weighted by atomic mass is 10.3. The second-order valence-corrected chi connectivity index (χ2v) is 3.00. The molecule has 0 bridgehead atoms. The molecule has 0 aliphatic heterocycles. The van der Waals surface area contributed by atoms with E-state index in [2.05, 4.69) is 24.1 Å². The van der Waals surface area contributed by atoms with E-state index in [1.54, 1.807) is 6.20 Å². The molecule has 0 fully saturated rings. The molecule has 0 atom stereocenters. The van der Waals surface area contributed by atoms with Crippen LogP contribution in [0.4, 0.5) is 5.69 Å². The first-order valence-corrected chi connectivity index (χ1v) is 3.95. The minimum Gasteiger partial charge on any atom is -0.380 e. The van der Waals surface area contributed by atoms with E-state index in [-0.39, 0.29) is 0 Å². The first-order chi connectivity index (χ1) is 5.20. The topological polar surface area (TPSA) is 24.9 Å². The van der Waals surface area contributed by atoms with Crippen LogP contribution in [-0.4, -0.2) is 11.0 Å². The van der Waals surface area contributed by atoms with Crippen LogP contribution >= 0.6 is 11.6 Å². The predicted molar refractivity (Wildman–Crippen MR) is 48.0 cm³/mol. The lowest BCUT2D eigenvalue weighted by Gasteiger charge is -2.09. The number of hydrogen-bond acceptors (Lipinski definition) is 2. The minimum absolute atomic E-state index is 0.386. The zero-order chi connectivity index (χ0) is 8.27. The molecular formula is C8H11ClN2. The van der Waals surface area contributed by atoms with Crippen LogP contribution in [0.25, 0.3) is 0 Å². The monoisotopic (exact) mass is 170 g/mol. The highest BCUT2D eigenvalue weighted by Gasteiger charge is 1.99. The number of hydrogen-bond donors (Lipinski definition) is 1. The fraction of sp³-hybridized carbons (Fsp3) is 0.375. The molecule has 0 radical (unpaired) electrons. The normalized spacial score (nSPS) is 10.2. The quantitative estimate of drug-likeness (QED) is 0.691. The fourth-order valence-electron chi connectivity index (χ4n) is 0.805. The van der Waals surface area contributed by atoms with Crippen molar-refractivity contribution in [1.82, 2.24) is 4.98 Å². The SMILES string of the molecule is CC(C)Nc1cccnc1Cl. The molecule has 60 valence electrons. The average molecular weight is 171 g/mol. The maximum atomic E-state index is 5.79. The summed E-state index contributed by atoms with van der Waals surface area (Å²) >= 11 is 5.79. The van der Waals surface area contributed by atoms with E-state index >= 15 is 0 Å². The Morgan fingerprint density at radius 1 is 1.55 bits per heavy atom. The number of rotatable bonds is 2. The first-order valence-electron chi connectivity index (χ1n) is 3.57. The van der Waals surface area contributed by atoms with Crippen LogP contribution in [0.2, 0.25) is 5.15 Å². The summed E-state index contributed by atoms with van der Waals surface area (Å²) in [5, 5.41) is 3.71. The summed E-state index contributed by atoms with van der Waals surface area (Å²) < 4.78 is 0. The van der Waals surface area contributed by atoms with E-state index in [0.717, 1.165) is 5.69 Å².